The van der Waals surface area contributed by atoms with E-state index in [2.05, 4.69) is 49.0 Å². The Morgan fingerprint density at radius 2 is 2.00 bits per heavy atom. The summed E-state index contributed by atoms with van der Waals surface area (Å²) in [5.41, 5.74) is 1.60. The molecule has 0 aromatic carbocycles. The molecule has 1 aromatic heterocycles. The van der Waals surface area contributed by atoms with Crippen molar-refractivity contribution in [2.75, 3.05) is 18.0 Å². The molecule has 1 N–H and O–H groups in total. The molecule has 3 nitrogen and oxygen atoms in total. The first kappa shape index (κ1) is 15.6. The lowest BCUT2D eigenvalue weighted by Crippen LogP contribution is -2.37. The van der Waals surface area contributed by atoms with E-state index >= 15 is 0 Å². The number of nitrogens with zero attached hydrogens (tertiary/aromatic N) is 2. The second-order valence-electron chi connectivity index (χ2n) is 6.82. The lowest BCUT2D eigenvalue weighted by Gasteiger charge is -2.37. The van der Waals surface area contributed by atoms with Gasteiger partial charge in [-0.2, -0.15) is 0 Å². The van der Waals surface area contributed by atoms with Crippen molar-refractivity contribution >= 4 is 17.4 Å². The maximum absolute atomic E-state index is 6.24. The number of hydrogen-bond donors (Lipinski definition) is 1. The van der Waals surface area contributed by atoms with Gasteiger partial charge in [0.2, 0.25) is 0 Å². The number of pyridine rings is 1. The van der Waals surface area contributed by atoms with Crippen molar-refractivity contribution in [3.8, 4) is 0 Å². The van der Waals surface area contributed by atoms with E-state index in [-0.39, 0.29) is 0 Å². The van der Waals surface area contributed by atoms with Crippen LogP contribution in [0.2, 0.25) is 5.02 Å². The molecule has 2 rings (SSSR count). The van der Waals surface area contributed by atoms with Gasteiger partial charge in [0, 0.05) is 31.9 Å². The van der Waals surface area contributed by atoms with Crippen LogP contribution in [0.5, 0.6) is 0 Å². The molecule has 2 heterocycles. The molecular weight excluding hydrogens is 270 g/mol. The zero-order valence-corrected chi connectivity index (χ0v) is 13.8. The first-order valence-electron chi connectivity index (χ1n) is 7.50. The number of rotatable bonds is 4. The van der Waals surface area contributed by atoms with Gasteiger partial charge in [-0.15, -0.1) is 0 Å². The number of hydrogen-bond acceptors (Lipinski definition) is 3. The highest BCUT2D eigenvalue weighted by Gasteiger charge is 2.26. The maximum Gasteiger partial charge on any atom is 0.128 e. The fourth-order valence-corrected chi connectivity index (χ4v) is 2.60. The van der Waals surface area contributed by atoms with Gasteiger partial charge in [-0.3, -0.25) is 0 Å². The van der Waals surface area contributed by atoms with Gasteiger partial charge in [-0.05, 0) is 29.9 Å². The van der Waals surface area contributed by atoms with Gasteiger partial charge < -0.3 is 10.2 Å². The van der Waals surface area contributed by atoms with Crippen LogP contribution in [0.25, 0.3) is 0 Å². The molecule has 0 unspecified atom stereocenters. The van der Waals surface area contributed by atoms with Crippen LogP contribution in [0.15, 0.2) is 12.3 Å². The molecule has 1 aliphatic rings. The first-order valence-corrected chi connectivity index (χ1v) is 7.88. The molecule has 0 amide bonds. The smallest absolute Gasteiger partial charge is 0.128 e. The molecule has 0 saturated carbocycles. The Morgan fingerprint density at radius 3 is 2.60 bits per heavy atom. The average molecular weight is 296 g/mol. The molecule has 0 spiro atoms. The van der Waals surface area contributed by atoms with Crippen molar-refractivity contribution < 1.29 is 0 Å². The molecule has 0 atom stereocenters. The number of aromatic nitrogens is 1. The molecule has 1 fully saturated rings. The van der Waals surface area contributed by atoms with E-state index in [9.17, 15) is 0 Å². The average Bonchev–Trinajstić information content (AvgIpc) is 2.38. The van der Waals surface area contributed by atoms with Crippen LogP contribution in [-0.4, -0.2) is 24.1 Å². The number of piperidine rings is 1. The van der Waals surface area contributed by atoms with Crippen molar-refractivity contribution in [3.05, 3.63) is 22.8 Å². The van der Waals surface area contributed by atoms with E-state index in [4.69, 9.17) is 11.6 Å². The van der Waals surface area contributed by atoms with Crippen molar-refractivity contribution in [1.82, 2.24) is 10.3 Å². The Kier molecular flexibility index (Phi) is 4.92. The number of halogens is 1. The van der Waals surface area contributed by atoms with Crippen LogP contribution < -0.4 is 10.2 Å². The summed E-state index contributed by atoms with van der Waals surface area (Å²) >= 11 is 6.24. The first-order chi connectivity index (χ1) is 9.37. The fraction of sp³-hybridized carbons (Fsp3) is 0.688. The normalized spacial score (nSPS) is 18.6. The van der Waals surface area contributed by atoms with Crippen molar-refractivity contribution in [1.29, 1.82) is 0 Å². The molecular formula is C16H26ClN3. The second-order valence-corrected chi connectivity index (χ2v) is 7.23. The standard InChI is InChI=1S/C16H26ClN3/c1-12(2)18-10-13-9-15(19-11-14(13)17)20-7-5-16(3,4)6-8-20/h9,11-12,18H,5-8,10H2,1-4H3. The molecule has 4 heteroatoms. The van der Waals surface area contributed by atoms with Crippen LogP contribution in [0.4, 0.5) is 5.82 Å². The third-order valence-corrected chi connectivity index (χ3v) is 4.40. The monoisotopic (exact) mass is 295 g/mol. The van der Waals surface area contributed by atoms with Crippen LogP contribution in [0.1, 0.15) is 46.1 Å². The maximum atomic E-state index is 6.24. The minimum Gasteiger partial charge on any atom is -0.357 e. The molecule has 1 saturated heterocycles. The largest absolute Gasteiger partial charge is 0.357 e. The van der Waals surface area contributed by atoms with Gasteiger partial charge in [0.25, 0.3) is 0 Å². The second kappa shape index (κ2) is 6.31. The highest BCUT2D eigenvalue weighted by molar-refractivity contribution is 6.31. The third-order valence-electron chi connectivity index (χ3n) is 4.06. The highest BCUT2D eigenvalue weighted by Crippen LogP contribution is 2.32. The molecule has 112 valence electrons. The predicted molar refractivity (Wildman–Crippen MR) is 86.5 cm³/mol. The van der Waals surface area contributed by atoms with Crippen LogP contribution in [0, 0.1) is 5.41 Å². The lowest BCUT2D eigenvalue weighted by molar-refractivity contribution is 0.279. The summed E-state index contributed by atoms with van der Waals surface area (Å²) in [4.78, 5) is 6.88. The van der Waals surface area contributed by atoms with Crippen molar-refractivity contribution in [2.45, 2.75) is 53.1 Å². The van der Waals surface area contributed by atoms with E-state index in [1.807, 2.05) is 0 Å². The van der Waals surface area contributed by atoms with E-state index in [1.54, 1.807) is 6.20 Å². The number of anilines is 1. The Balaban J connectivity index is 2.07. The molecule has 0 bridgehead atoms. The zero-order valence-electron chi connectivity index (χ0n) is 13.0. The SMILES string of the molecule is CC(C)NCc1cc(N2CCC(C)(C)CC2)ncc1Cl. The molecule has 0 aliphatic carbocycles. The van der Waals surface area contributed by atoms with E-state index < -0.39 is 0 Å². The Labute approximate surface area is 127 Å². The summed E-state index contributed by atoms with van der Waals surface area (Å²) in [5, 5.41) is 4.16. The van der Waals surface area contributed by atoms with Gasteiger partial charge in [0.1, 0.15) is 5.82 Å². The van der Waals surface area contributed by atoms with Gasteiger partial charge >= 0.3 is 0 Å². The minimum atomic E-state index is 0.457. The minimum absolute atomic E-state index is 0.457. The lowest BCUT2D eigenvalue weighted by atomic mass is 9.83. The van der Waals surface area contributed by atoms with Gasteiger partial charge in [0.15, 0.2) is 0 Å². The van der Waals surface area contributed by atoms with Gasteiger partial charge in [-0.25, -0.2) is 4.98 Å². The number of nitrogens with one attached hydrogen (secondary N) is 1. The molecule has 1 aliphatic heterocycles. The zero-order chi connectivity index (χ0) is 14.8. The predicted octanol–water partition coefficient (Wildman–Crippen LogP) is 3.86. The van der Waals surface area contributed by atoms with Crippen LogP contribution in [0.3, 0.4) is 0 Å². The van der Waals surface area contributed by atoms with Crippen LogP contribution >= 0.6 is 11.6 Å². The topological polar surface area (TPSA) is 28.2 Å². The summed E-state index contributed by atoms with van der Waals surface area (Å²) in [5.74, 6) is 1.06. The summed E-state index contributed by atoms with van der Waals surface area (Å²) in [7, 11) is 0. The van der Waals surface area contributed by atoms with E-state index in [0.717, 1.165) is 36.0 Å². The summed E-state index contributed by atoms with van der Waals surface area (Å²) in [6, 6.07) is 2.59. The summed E-state index contributed by atoms with van der Waals surface area (Å²) in [6.45, 7) is 11.9. The third kappa shape index (κ3) is 4.10. The van der Waals surface area contributed by atoms with Crippen molar-refractivity contribution in [2.24, 2.45) is 5.41 Å². The Bertz CT molecular complexity index is 447. The Morgan fingerprint density at radius 1 is 1.35 bits per heavy atom. The van der Waals surface area contributed by atoms with E-state index in [1.165, 1.54) is 12.8 Å². The Hall–Kier alpha value is -0.800. The quantitative estimate of drug-likeness (QED) is 0.914. The van der Waals surface area contributed by atoms with Crippen LogP contribution in [-0.2, 0) is 6.54 Å². The fourth-order valence-electron chi connectivity index (χ4n) is 2.43. The summed E-state index contributed by atoms with van der Waals surface area (Å²) < 4.78 is 0. The van der Waals surface area contributed by atoms with Gasteiger partial charge in [0.05, 0.1) is 5.02 Å². The highest BCUT2D eigenvalue weighted by atomic mass is 35.5. The van der Waals surface area contributed by atoms with E-state index in [0.29, 0.717) is 11.5 Å². The van der Waals surface area contributed by atoms with Gasteiger partial charge in [-0.1, -0.05) is 39.3 Å². The molecule has 0 radical (unpaired) electrons. The molecule has 20 heavy (non-hydrogen) atoms. The summed E-state index contributed by atoms with van der Waals surface area (Å²) in [6.07, 6.45) is 4.22. The van der Waals surface area contributed by atoms with Crippen molar-refractivity contribution in [3.63, 3.8) is 0 Å². The molecule has 1 aromatic rings.